The van der Waals surface area contributed by atoms with Crippen LogP contribution in [0.4, 0.5) is 5.69 Å². The molecule has 246 valence electrons. The van der Waals surface area contributed by atoms with Crippen molar-refractivity contribution in [3.05, 3.63) is 157 Å². The van der Waals surface area contributed by atoms with E-state index in [1.165, 1.54) is 13.0 Å². The van der Waals surface area contributed by atoms with Crippen molar-refractivity contribution in [3.8, 4) is 0 Å². The summed E-state index contributed by atoms with van der Waals surface area (Å²) in [7, 11) is 0. The molecule has 8 nitrogen and oxygen atoms in total. The Labute approximate surface area is 284 Å². The largest absolute Gasteiger partial charge is 0.393 e. The lowest BCUT2D eigenvalue weighted by atomic mass is 9.81. The number of carbonyl (C=O) groups excluding carboxylic acids is 4. The van der Waals surface area contributed by atoms with Crippen LogP contribution >= 0.6 is 6.89 Å². The van der Waals surface area contributed by atoms with Gasteiger partial charge in [0.05, 0.1) is 18.1 Å². The first-order chi connectivity index (χ1) is 23.8. The van der Waals surface area contributed by atoms with Crippen LogP contribution in [0.15, 0.2) is 146 Å². The Morgan fingerprint density at radius 2 is 1.24 bits per heavy atom. The number of nitrogens with one attached hydrogen (secondary N) is 1. The summed E-state index contributed by atoms with van der Waals surface area (Å²) >= 11 is 0. The van der Waals surface area contributed by atoms with E-state index in [0.29, 0.717) is 5.69 Å². The summed E-state index contributed by atoms with van der Waals surface area (Å²) in [5.74, 6) is -1.48. The highest BCUT2D eigenvalue weighted by molar-refractivity contribution is 7.95. The van der Waals surface area contributed by atoms with Gasteiger partial charge < -0.3 is 15.3 Å². The third-order valence-corrected chi connectivity index (χ3v) is 12.5. The Morgan fingerprint density at radius 3 is 1.76 bits per heavy atom. The quantitative estimate of drug-likeness (QED) is 0.117. The van der Waals surface area contributed by atoms with Crippen molar-refractivity contribution in [1.82, 2.24) is 5.06 Å². The third-order valence-electron chi connectivity index (χ3n) is 8.59. The monoisotopic (exact) mass is 670 g/mol. The maximum Gasteiger partial charge on any atom is 0.357 e. The molecule has 0 unspecified atom stereocenters. The van der Waals surface area contributed by atoms with Gasteiger partial charge in [-0.2, -0.15) is 5.06 Å². The predicted molar refractivity (Wildman–Crippen MR) is 193 cm³/mol. The lowest BCUT2D eigenvalue weighted by Gasteiger charge is -2.45. The van der Waals surface area contributed by atoms with Gasteiger partial charge in [-0.25, -0.2) is 4.79 Å². The van der Waals surface area contributed by atoms with E-state index < -0.39 is 36.8 Å². The van der Waals surface area contributed by atoms with Crippen molar-refractivity contribution >= 4 is 57.9 Å². The van der Waals surface area contributed by atoms with E-state index >= 15 is 0 Å². The molecule has 6 rings (SSSR count). The van der Waals surface area contributed by atoms with E-state index in [-0.39, 0.29) is 29.2 Å². The molecule has 0 radical (unpaired) electrons. The van der Waals surface area contributed by atoms with E-state index in [1.54, 1.807) is 48.3 Å². The number of aliphatic hydroxyl groups is 1. The van der Waals surface area contributed by atoms with Crippen molar-refractivity contribution in [2.75, 3.05) is 5.32 Å². The van der Waals surface area contributed by atoms with E-state index in [2.05, 4.69) is 5.32 Å². The van der Waals surface area contributed by atoms with Crippen LogP contribution < -0.4 is 21.2 Å². The van der Waals surface area contributed by atoms with E-state index in [0.717, 1.165) is 21.0 Å². The zero-order chi connectivity index (χ0) is 34.4. The molecular formula is C40H35N2O6P. The number of hydrogen-bond donors (Lipinski definition) is 2. The average molecular weight is 671 g/mol. The fourth-order valence-corrected chi connectivity index (χ4v) is 9.83. The summed E-state index contributed by atoms with van der Waals surface area (Å²) in [6.07, 6.45) is -1.31. The van der Waals surface area contributed by atoms with E-state index in [9.17, 15) is 24.3 Å². The SMILES string of the molecule is C[C@@H](O)[C@H]1C(=O)N(OC(=O)C=P(c2ccccc2)(c2ccccc2)c2ccccc2)[C@@H]1CC(=O)c1cccc(C(=O)Nc2ccccc2)c1. The standard InChI is InChI=1S/C40H35N2O6P/c1-28(43)38-35(26-36(44)29-15-14-16-30(25-29)39(46)41-31-17-6-2-7-18-31)42(40(38)47)48-37(45)27-49(32-19-8-3-9-20-32,33-21-10-4-11-22-33)34-23-12-5-13-24-34/h2-25,27-28,35,38,43H,26H2,1H3,(H,41,46)/t28-,35-,38-/m1/s1. The molecule has 2 amide bonds. The molecule has 49 heavy (non-hydrogen) atoms. The maximum absolute atomic E-state index is 13.9. The van der Waals surface area contributed by atoms with Crippen molar-refractivity contribution in [2.24, 2.45) is 5.92 Å². The van der Waals surface area contributed by atoms with Crippen LogP contribution in [0.1, 0.15) is 34.1 Å². The molecule has 1 aliphatic rings. The first-order valence-corrected chi connectivity index (χ1v) is 17.8. The summed E-state index contributed by atoms with van der Waals surface area (Å²) in [6.45, 7) is -1.26. The number of Topliss-reactive ketones (excluding diaryl/α,β-unsaturated/α-hetero) is 1. The van der Waals surface area contributed by atoms with Gasteiger partial charge in [0.15, 0.2) is 5.78 Å². The van der Waals surface area contributed by atoms with Gasteiger partial charge in [0, 0.05) is 29.0 Å². The molecule has 5 aromatic rings. The number of rotatable bonds is 11. The molecule has 1 aliphatic heterocycles. The Hall–Kier alpha value is -5.56. The molecule has 0 bridgehead atoms. The number of hydrogen-bond acceptors (Lipinski definition) is 6. The fraction of sp³-hybridized carbons (Fsp3) is 0.125. The number of anilines is 1. The summed E-state index contributed by atoms with van der Waals surface area (Å²) in [6, 6.07) is 43.5. The second kappa shape index (κ2) is 14.7. The molecule has 5 aromatic carbocycles. The van der Waals surface area contributed by atoms with Gasteiger partial charge in [-0.1, -0.05) is 121 Å². The molecule has 0 saturated carbocycles. The molecule has 2 N–H and O–H groups in total. The van der Waals surface area contributed by atoms with Gasteiger partial charge in [-0.05, 0) is 54.0 Å². The Kier molecular flexibility index (Phi) is 10.00. The summed E-state index contributed by atoms with van der Waals surface area (Å²) in [5.41, 5.74) is 1.15. The minimum Gasteiger partial charge on any atom is -0.393 e. The normalized spacial score (nSPS) is 16.2. The van der Waals surface area contributed by atoms with Crippen LogP contribution in [-0.2, 0) is 14.4 Å². The highest BCUT2D eigenvalue weighted by Gasteiger charge is 2.53. The summed E-state index contributed by atoms with van der Waals surface area (Å²) in [5, 5.41) is 17.0. The number of carbonyl (C=O) groups is 4. The number of β-lactam (4-membered cyclic amide) rings is 1. The van der Waals surface area contributed by atoms with Crippen LogP contribution in [0.3, 0.4) is 0 Å². The topological polar surface area (TPSA) is 113 Å². The van der Waals surface area contributed by atoms with E-state index in [4.69, 9.17) is 4.84 Å². The first kappa shape index (κ1) is 33.3. The van der Waals surface area contributed by atoms with Crippen molar-refractivity contribution in [1.29, 1.82) is 0 Å². The third kappa shape index (κ3) is 7.02. The number of hydroxylamine groups is 2. The summed E-state index contributed by atoms with van der Waals surface area (Å²) < 4.78 is 0. The molecule has 9 heteroatoms. The van der Waals surface area contributed by atoms with Crippen molar-refractivity contribution < 1.29 is 29.1 Å². The minimum atomic E-state index is -2.73. The van der Waals surface area contributed by atoms with Gasteiger partial charge in [-0.15, -0.1) is 0 Å². The minimum absolute atomic E-state index is 0.227. The highest BCUT2D eigenvalue weighted by atomic mass is 31.2. The van der Waals surface area contributed by atoms with Gasteiger partial charge in [0.1, 0.15) is 0 Å². The molecule has 1 saturated heterocycles. The van der Waals surface area contributed by atoms with Crippen LogP contribution in [-0.4, -0.2) is 51.7 Å². The molecule has 1 fully saturated rings. The van der Waals surface area contributed by atoms with Gasteiger partial charge in [0.25, 0.3) is 11.8 Å². The van der Waals surface area contributed by atoms with Crippen LogP contribution in [0.25, 0.3) is 0 Å². The van der Waals surface area contributed by atoms with E-state index in [1.807, 2.05) is 97.1 Å². The van der Waals surface area contributed by atoms with Crippen molar-refractivity contribution in [2.45, 2.75) is 25.5 Å². The number of benzene rings is 5. The predicted octanol–water partition coefficient (Wildman–Crippen LogP) is 4.97. The van der Waals surface area contributed by atoms with Crippen LogP contribution in [0.2, 0.25) is 0 Å². The van der Waals surface area contributed by atoms with Crippen LogP contribution in [0, 0.1) is 5.92 Å². The lowest BCUT2D eigenvalue weighted by molar-refractivity contribution is -0.240. The molecule has 1 heterocycles. The summed E-state index contributed by atoms with van der Waals surface area (Å²) in [4.78, 5) is 59.5. The fourth-order valence-electron chi connectivity index (χ4n) is 6.19. The molecule has 0 aliphatic carbocycles. The number of para-hydroxylation sites is 1. The molecule has 0 spiro atoms. The molecule has 0 aromatic heterocycles. The first-order valence-electron chi connectivity index (χ1n) is 15.9. The second-order valence-electron chi connectivity index (χ2n) is 11.8. The lowest BCUT2D eigenvalue weighted by Crippen LogP contribution is -2.65. The average Bonchev–Trinajstić information content (AvgIpc) is 3.14. The Balaban J connectivity index is 1.29. The number of amides is 2. The Morgan fingerprint density at radius 1 is 0.755 bits per heavy atom. The zero-order valence-electron chi connectivity index (χ0n) is 26.8. The number of nitrogens with zero attached hydrogens (tertiary/aromatic N) is 1. The second-order valence-corrected chi connectivity index (χ2v) is 15.0. The molecule has 3 atom stereocenters. The highest BCUT2D eigenvalue weighted by Crippen LogP contribution is 2.44. The number of ketones is 1. The number of aliphatic hydroxyl groups excluding tert-OH is 1. The smallest absolute Gasteiger partial charge is 0.357 e. The molecular weight excluding hydrogens is 635 g/mol. The maximum atomic E-state index is 13.9. The Bertz CT molecular complexity index is 1910. The van der Waals surface area contributed by atoms with Gasteiger partial charge >= 0.3 is 5.97 Å². The van der Waals surface area contributed by atoms with Gasteiger partial charge in [0.2, 0.25) is 0 Å². The zero-order valence-corrected chi connectivity index (χ0v) is 27.7. The van der Waals surface area contributed by atoms with Crippen molar-refractivity contribution in [3.63, 3.8) is 0 Å². The van der Waals surface area contributed by atoms with Gasteiger partial charge in [-0.3, -0.25) is 14.4 Å². The van der Waals surface area contributed by atoms with Crippen LogP contribution in [0.5, 0.6) is 0 Å².